The van der Waals surface area contributed by atoms with Crippen molar-refractivity contribution in [3.63, 3.8) is 0 Å². The van der Waals surface area contributed by atoms with Crippen LogP contribution in [0.1, 0.15) is 0 Å². The fourth-order valence-electron chi connectivity index (χ4n) is 2.81. The molecule has 130 valence electrons. The summed E-state index contributed by atoms with van der Waals surface area (Å²) in [4.78, 5) is 17.2. The van der Waals surface area contributed by atoms with Crippen molar-refractivity contribution in [2.45, 2.75) is 0 Å². The Labute approximate surface area is 153 Å². The van der Waals surface area contributed by atoms with Crippen LogP contribution in [0.15, 0.2) is 84.5 Å². The van der Waals surface area contributed by atoms with E-state index in [0.717, 1.165) is 22.8 Å². The maximum Gasteiger partial charge on any atom is 0.195 e. The van der Waals surface area contributed by atoms with Crippen LogP contribution in [0.3, 0.4) is 0 Å². The van der Waals surface area contributed by atoms with Gasteiger partial charge in [0.15, 0.2) is 11.6 Å². The van der Waals surface area contributed by atoms with Gasteiger partial charge in [-0.3, -0.25) is 4.57 Å². The van der Waals surface area contributed by atoms with Crippen molar-refractivity contribution in [3.8, 4) is 34.3 Å². The predicted octanol–water partition coefficient (Wildman–Crippen LogP) is 3.17. The summed E-state index contributed by atoms with van der Waals surface area (Å²) >= 11 is 0. The average molecular weight is 355 g/mol. The summed E-state index contributed by atoms with van der Waals surface area (Å²) in [6.07, 6.45) is 11.9. The van der Waals surface area contributed by atoms with Crippen molar-refractivity contribution < 1.29 is 4.42 Å². The van der Waals surface area contributed by atoms with Gasteiger partial charge < -0.3 is 4.42 Å². The average Bonchev–Trinajstić information content (AvgIpc) is 3.51. The van der Waals surface area contributed by atoms with E-state index in [0.29, 0.717) is 11.6 Å². The van der Waals surface area contributed by atoms with Crippen LogP contribution in [-0.4, -0.2) is 34.3 Å². The minimum Gasteiger partial charge on any atom is -0.461 e. The van der Waals surface area contributed by atoms with Gasteiger partial charge in [-0.2, -0.15) is 5.10 Å². The summed E-state index contributed by atoms with van der Waals surface area (Å²) in [5.41, 5.74) is 2.72. The fraction of sp³-hybridized carbons (Fsp3) is 0. The predicted molar refractivity (Wildman–Crippen MR) is 97.2 cm³/mol. The number of hydrogen-bond donors (Lipinski definition) is 0. The van der Waals surface area contributed by atoms with Gasteiger partial charge in [0.05, 0.1) is 17.5 Å². The highest BCUT2D eigenvalue weighted by molar-refractivity contribution is 5.59. The summed E-state index contributed by atoms with van der Waals surface area (Å²) < 4.78 is 9.02. The van der Waals surface area contributed by atoms with Gasteiger partial charge in [0, 0.05) is 30.5 Å². The van der Waals surface area contributed by atoms with E-state index in [1.54, 1.807) is 35.9 Å². The van der Waals surface area contributed by atoms with Crippen molar-refractivity contribution in [1.82, 2.24) is 34.3 Å². The third-order valence-electron chi connectivity index (χ3n) is 4.10. The minimum atomic E-state index is 0.541. The van der Waals surface area contributed by atoms with Crippen LogP contribution in [0.4, 0.5) is 0 Å². The van der Waals surface area contributed by atoms with Crippen LogP contribution >= 0.6 is 0 Å². The van der Waals surface area contributed by atoms with E-state index in [-0.39, 0.29) is 0 Å². The van der Waals surface area contributed by atoms with Gasteiger partial charge in [0.1, 0.15) is 18.5 Å². The standard InChI is InChI=1S/C19H13N7O/c1-2-17(27-9-1)18-22-10-14(11-23-18)19-21-7-8-25(19)15-3-5-16(6-4-15)26-13-20-12-24-26/h1-13H. The normalized spacial score (nSPS) is 11.0. The fourth-order valence-corrected chi connectivity index (χ4v) is 2.81. The largest absolute Gasteiger partial charge is 0.461 e. The smallest absolute Gasteiger partial charge is 0.195 e. The highest BCUT2D eigenvalue weighted by Crippen LogP contribution is 2.23. The van der Waals surface area contributed by atoms with Gasteiger partial charge in [0.2, 0.25) is 0 Å². The monoisotopic (exact) mass is 355 g/mol. The maximum atomic E-state index is 5.33. The molecule has 8 nitrogen and oxygen atoms in total. The molecule has 4 aromatic heterocycles. The van der Waals surface area contributed by atoms with Crippen molar-refractivity contribution in [1.29, 1.82) is 0 Å². The molecule has 0 aliphatic rings. The summed E-state index contributed by atoms with van der Waals surface area (Å²) in [5, 5.41) is 4.14. The van der Waals surface area contributed by atoms with E-state index >= 15 is 0 Å². The number of hydrogen-bond acceptors (Lipinski definition) is 6. The van der Waals surface area contributed by atoms with Gasteiger partial charge in [-0.05, 0) is 36.4 Å². The van der Waals surface area contributed by atoms with Crippen LogP contribution in [0.2, 0.25) is 0 Å². The first-order valence-electron chi connectivity index (χ1n) is 8.23. The van der Waals surface area contributed by atoms with Crippen LogP contribution in [0, 0.1) is 0 Å². The van der Waals surface area contributed by atoms with E-state index in [4.69, 9.17) is 4.42 Å². The molecule has 0 unspecified atom stereocenters. The quantitative estimate of drug-likeness (QED) is 0.492. The summed E-state index contributed by atoms with van der Waals surface area (Å²) in [6, 6.07) is 11.6. The molecule has 0 radical (unpaired) electrons. The van der Waals surface area contributed by atoms with Crippen molar-refractivity contribution >= 4 is 0 Å². The van der Waals surface area contributed by atoms with E-state index < -0.39 is 0 Å². The number of aromatic nitrogens is 7. The Morgan fingerprint density at radius 2 is 1.70 bits per heavy atom. The van der Waals surface area contributed by atoms with Crippen LogP contribution in [-0.2, 0) is 0 Å². The van der Waals surface area contributed by atoms with E-state index in [9.17, 15) is 0 Å². The second-order valence-electron chi connectivity index (χ2n) is 5.75. The van der Waals surface area contributed by atoms with E-state index in [1.165, 1.54) is 6.33 Å². The molecule has 8 heteroatoms. The lowest BCUT2D eigenvalue weighted by Crippen LogP contribution is -1.99. The molecule has 0 aliphatic carbocycles. The zero-order chi connectivity index (χ0) is 18.1. The molecule has 0 saturated carbocycles. The Balaban J connectivity index is 1.47. The molecule has 0 atom stereocenters. The molecule has 4 heterocycles. The first-order valence-corrected chi connectivity index (χ1v) is 8.23. The Kier molecular flexibility index (Phi) is 3.57. The molecule has 0 fully saturated rings. The van der Waals surface area contributed by atoms with E-state index in [1.807, 2.05) is 47.2 Å². The zero-order valence-corrected chi connectivity index (χ0v) is 14.0. The Hall–Kier alpha value is -4.07. The van der Waals surface area contributed by atoms with Gasteiger partial charge in [0.25, 0.3) is 0 Å². The number of furan rings is 1. The lowest BCUT2D eigenvalue weighted by atomic mass is 10.2. The van der Waals surface area contributed by atoms with Gasteiger partial charge in [-0.15, -0.1) is 0 Å². The van der Waals surface area contributed by atoms with Crippen molar-refractivity contribution in [3.05, 3.63) is 80.1 Å². The molecule has 0 bridgehead atoms. The van der Waals surface area contributed by atoms with Gasteiger partial charge >= 0.3 is 0 Å². The molecule has 0 N–H and O–H groups in total. The number of nitrogens with zero attached hydrogens (tertiary/aromatic N) is 7. The van der Waals surface area contributed by atoms with Crippen molar-refractivity contribution in [2.75, 3.05) is 0 Å². The Morgan fingerprint density at radius 1 is 0.889 bits per heavy atom. The highest BCUT2D eigenvalue weighted by atomic mass is 16.3. The molecule has 5 aromatic rings. The lowest BCUT2D eigenvalue weighted by molar-refractivity contribution is 0.577. The summed E-state index contributed by atoms with van der Waals surface area (Å²) in [7, 11) is 0. The third kappa shape index (κ3) is 2.78. The highest BCUT2D eigenvalue weighted by Gasteiger charge is 2.11. The second kappa shape index (κ2) is 6.34. The molecular formula is C19H13N7O. The summed E-state index contributed by atoms with van der Waals surface area (Å²) in [6.45, 7) is 0. The van der Waals surface area contributed by atoms with Crippen LogP contribution in [0.25, 0.3) is 34.3 Å². The maximum absolute atomic E-state index is 5.33. The Bertz CT molecular complexity index is 1050. The lowest BCUT2D eigenvalue weighted by Gasteiger charge is -2.09. The molecule has 27 heavy (non-hydrogen) atoms. The van der Waals surface area contributed by atoms with Crippen molar-refractivity contribution in [2.24, 2.45) is 0 Å². The van der Waals surface area contributed by atoms with E-state index in [2.05, 4.69) is 25.0 Å². The summed E-state index contributed by atoms with van der Waals surface area (Å²) in [5.74, 6) is 1.93. The molecule has 0 saturated heterocycles. The number of benzene rings is 1. The van der Waals surface area contributed by atoms with Gasteiger partial charge in [-0.25, -0.2) is 24.6 Å². The van der Waals surface area contributed by atoms with Gasteiger partial charge in [-0.1, -0.05) is 0 Å². The first-order chi connectivity index (χ1) is 13.4. The topological polar surface area (TPSA) is 87.5 Å². The molecule has 0 aliphatic heterocycles. The van der Waals surface area contributed by atoms with Crippen LogP contribution < -0.4 is 0 Å². The molecule has 0 spiro atoms. The molecule has 5 rings (SSSR count). The molecule has 1 aromatic carbocycles. The number of rotatable bonds is 4. The number of imidazole rings is 1. The SMILES string of the molecule is c1coc(-c2ncc(-c3nccn3-c3ccc(-n4cncn4)cc3)cn2)c1. The third-order valence-corrected chi connectivity index (χ3v) is 4.10. The minimum absolute atomic E-state index is 0.541. The molecule has 0 amide bonds. The zero-order valence-electron chi connectivity index (χ0n) is 14.0. The first kappa shape index (κ1) is 15.2. The van der Waals surface area contributed by atoms with Crippen LogP contribution in [0.5, 0.6) is 0 Å². The molecular weight excluding hydrogens is 342 g/mol. The Morgan fingerprint density at radius 3 is 2.41 bits per heavy atom. The second-order valence-corrected chi connectivity index (χ2v) is 5.75.